The van der Waals surface area contributed by atoms with Gasteiger partial charge in [-0.05, 0) is 38.5 Å². The third kappa shape index (κ3) is 3.34. The zero-order valence-corrected chi connectivity index (χ0v) is 14.2. The van der Waals surface area contributed by atoms with Gasteiger partial charge in [-0.3, -0.25) is 4.90 Å². The van der Waals surface area contributed by atoms with Crippen LogP contribution in [0.4, 0.5) is 5.69 Å². The van der Waals surface area contributed by atoms with Crippen LogP contribution in [0.2, 0.25) is 5.02 Å². The molecule has 7 heteroatoms. The summed E-state index contributed by atoms with van der Waals surface area (Å²) in [6.07, 6.45) is 0. The van der Waals surface area contributed by atoms with E-state index in [1.165, 1.54) is 16.4 Å². The van der Waals surface area contributed by atoms with Gasteiger partial charge in [-0.15, -0.1) is 0 Å². The Kier molecular flexibility index (Phi) is 4.82. The first-order valence-corrected chi connectivity index (χ1v) is 8.85. The number of nitrogen functional groups attached to an aromatic ring is 1. The zero-order valence-electron chi connectivity index (χ0n) is 12.6. The largest absolute Gasteiger partial charge is 0.398 e. The molecule has 1 fully saturated rings. The summed E-state index contributed by atoms with van der Waals surface area (Å²) in [4.78, 5) is 2.44. The summed E-state index contributed by atoms with van der Waals surface area (Å²) in [5.41, 5.74) is 6.95. The van der Waals surface area contributed by atoms with Gasteiger partial charge >= 0.3 is 0 Å². The fourth-order valence-electron chi connectivity index (χ4n) is 2.43. The second kappa shape index (κ2) is 6.12. The number of benzene rings is 1. The molecule has 0 saturated carbocycles. The smallest absolute Gasteiger partial charge is 0.243 e. The minimum atomic E-state index is -3.53. The van der Waals surface area contributed by atoms with Gasteiger partial charge in [0, 0.05) is 42.9 Å². The maximum absolute atomic E-state index is 12.7. The van der Waals surface area contributed by atoms with E-state index in [0.29, 0.717) is 35.4 Å². The number of rotatable bonds is 3. The van der Waals surface area contributed by atoms with Gasteiger partial charge in [-0.25, -0.2) is 8.42 Å². The lowest BCUT2D eigenvalue weighted by Crippen LogP contribution is -2.50. The number of sulfonamides is 1. The maximum atomic E-state index is 12.7. The summed E-state index contributed by atoms with van der Waals surface area (Å²) in [7, 11) is -3.53. The van der Waals surface area contributed by atoms with Crippen LogP contribution in [0.3, 0.4) is 0 Å². The third-order valence-corrected chi connectivity index (χ3v) is 6.27. The zero-order chi connectivity index (χ0) is 15.8. The van der Waals surface area contributed by atoms with E-state index >= 15 is 0 Å². The Morgan fingerprint density at radius 1 is 1.19 bits per heavy atom. The molecule has 118 valence electrons. The summed E-state index contributed by atoms with van der Waals surface area (Å²) >= 11 is 6.06. The molecule has 1 heterocycles. The van der Waals surface area contributed by atoms with E-state index in [0.717, 1.165) is 13.1 Å². The van der Waals surface area contributed by atoms with Crippen LogP contribution in [0.25, 0.3) is 0 Å². The van der Waals surface area contributed by atoms with Crippen molar-refractivity contribution in [3.8, 4) is 0 Å². The van der Waals surface area contributed by atoms with E-state index < -0.39 is 10.0 Å². The molecular weight excluding hydrogens is 310 g/mol. The van der Waals surface area contributed by atoms with Gasteiger partial charge in [-0.2, -0.15) is 4.31 Å². The normalized spacial score (nSPS) is 18.3. The number of nitrogens with zero attached hydrogens (tertiary/aromatic N) is 2. The van der Waals surface area contributed by atoms with Crippen molar-refractivity contribution >= 4 is 27.3 Å². The van der Waals surface area contributed by atoms with Gasteiger partial charge in [0.2, 0.25) is 10.0 Å². The fourth-order valence-corrected chi connectivity index (χ4v) is 4.21. The molecule has 1 saturated heterocycles. The van der Waals surface area contributed by atoms with Crippen molar-refractivity contribution < 1.29 is 8.42 Å². The topological polar surface area (TPSA) is 66.6 Å². The predicted octanol–water partition coefficient (Wildman–Crippen LogP) is 1.95. The Bertz CT molecular complexity index is 600. The molecule has 0 spiro atoms. The number of nitrogens with two attached hydrogens (primary N) is 1. The van der Waals surface area contributed by atoms with Crippen LogP contribution in [0.5, 0.6) is 0 Å². The Morgan fingerprint density at radius 3 is 2.24 bits per heavy atom. The maximum Gasteiger partial charge on any atom is 0.243 e. The Morgan fingerprint density at radius 2 is 1.76 bits per heavy atom. The quantitative estimate of drug-likeness (QED) is 0.860. The van der Waals surface area contributed by atoms with Gasteiger partial charge in [0.05, 0.1) is 4.90 Å². The van der Waals surface area contributed by atoms with Crippen molar-refractivity contribution in [2.45, 2.75) is 31.7 Å². The number of piperazine rings is 1. The van der Waals surface area contributed by atoms with E-state index in [1.54, 1.807) is 6.92 Å². The molecule has 0 atom stereocenters. The standard InChI is InChI=1S/C14H22ClN3O2S/c1-10(2)17-4-6-18(7-5-17)21(19,20)12-8-13(15)11(3)14(16)9-12/h8-10H,4-7,16H2,1-3H3. The van der Waals surface area contributed by atoms with E-state index in [-0.39, 0.29) is 4.90 Å². The predicted molar refractivity (Wildman–Crippen MR) is 86.1 cm³/mol. The summed E-state index contributed by atoms with van der Waals surface area (Å²) < 4.78 is 26.9. The molecule has 0 amide bonds. The summed E-state index contributed by atoms with van der Waals surface area (Å²) in [6, 6.07) is 3.40. The van der Waals surface area contributed by atoms with Gasteiger partial charge < -0.3 is 5.73 Å². The third-order valence-electron chi connectivity index (χ3n) is 4.00. The Balaban J connectivity index is 2.24. The van der Waals surface area contributed by atoms with E-state index in [9.17, 15) is 8.42 Å². The molecule has 0 bridgehead atoms. The number of halogens is 1. The second-order valence-electron chi connectivity index (χ2n) is 5.65. The van der Waals surface area contributed by atoms with Crippen molar-refractivity contribution in [3.63, 3.8) is 0 Å². The van der Waals surface area contributed by atoms with Crippen LogP contribution in [0, 0.1) is 6.92 Å². The summed E-state index contributed by atoms with van der Waals surface area (Å²) in [5.74, 6) is 0. The molecular formula is C14H22ClN3O2S. The van der Waals surface area contributed by atoms with Crippen molar-refractivity contribution in [3.05, 3.63) is 22.7 Å². The molecule has 1 aromatic carbocycles. The van der Waals surface area contributed by atoms with Gasteiger partial charge in [0.15, 0.2) is 0 Å². The van der Waals surface area contributed by atoms with Crippen LogP contribution >= 0.6 is 11.6 Å². The molecule has 21 heavy (non-hydrogen) atoms. The summed E-state index contributed by atoms with van der Waals surface area (Å²) in [5, 5.41) is 0.384. The average molecular weight is 332 g/mol. The first-order chi connectivity index (χ1) is 9.73. The fraction of sp³-hybridized carbons (Fsp3) is 0.571. The molecule has 0 unspecified atom stereocenters. The highest BCUT2D eigenvalue weighted by Gasteiger charge is 2.29. The van der Waals surface area contributed by atoms with Crippen LogP contribution in [-0.2, 0) is 10.0 Å². The molecule has 1 aromatic rings. The SMILES string of the molecule is Cc1c(N)cc(S(=O)(=O)N2CCN(C(C)C)CC2)cc1Cl. The van der Waals surface area contributed by atoms with Crippen LogP contribution in [-0.4, -0.2) is 49.8 Å². The molecule has 0 aromatic heterocycles. The monoisotopic (exact) mass is 331 g/mol. The average Bonchev–Trinajstić information content (AvgIpc) is 2.44. The lowest BCUT2D eigenvalue weighted by Gasteiger charge is -2.36. The molecule has 2 N–H and O–H groups in total. The van der Waals surface area contributed by atoms with E-state index in [2.05, 4.69) is 18.7 Å². The van der Waals surface area contributed by atoms with Crippen LogP contribution in [0.15, 0.2) is 17.0 Å². The summed E-state index contributed by atoms with van der Waals surface area (Å²) in [6.45, 7) is 8.47. The molecule has 0 aliphatic carbocycles. The first kappa shape index (κ1) is 16.5. The molecule has 0 radical (unpaired) electrons. The first-order valence-electron chi connectivity index (χ1n) is 7.03. The molecule has 2 rings (SSSR count). The van der Waals surface area contributed by atoms with Gasteiger partial charge in [0.25, 0.3) is 0 Å². The highest BCUT2D eigenvalue weighted by molar-refractivity contribution is 7.89. The van der Waals surface area contributed by atoms with Crippen molar-refractivity contribution in [1.82, 2.24) is 9.21 Å². The van der Waals surface area contributed by atoms with E-state index in [1.807, 2.05) is 0 Å². The van der Waals surface area contributed by atoms with Crippen molar-refractivity contribution in [2.75, 3.05) is 31.9 Å². The van der Waals surface area contributed by atoms with Gasteiger partial charge in [-0.1, -0.05) is 11.6 Å². The molecule has 1 aliphatic heterocycles. The highest BCUT2D eigenvalue weighted by atomic mass is 35.5. The Labute approximate surface area is 131 Å². The van der Waals surface area contributed by atoms with Crippen LogP contribution in [0.1, 0.15) is 19.4 Å². The Hall–Kier alpha value is -0.820. The lowest BCUT2D eigenvalue weighted by molar-refractivity contribution is 0.154. The van der Waals surface area contributed by atoms with E-state index in [4.69, 9.17) is 17.3 Å². The minimum Gasteiger partial charge on any atom is -0.398 e. The lowest BCUT2D eigenvalue weighted by atomic mass is 10.2. The highest BCUT2D eigenvalue weighted by Crippen LogP contribution is 2.28. The number of hydrogen-bond acceptors (Lipinski definition) is 4. The molecule has 5 nitrogen and oxygen atoms in total. The van der Waals surface area contributed by atoms with Crippen molar-refractivity contribution in [1.29, 1.82) is 0 Å². The van der Waals surface area contributed by atoms with Gasteiger partial charge in [0.1, 0.15) is 0 Å². The second-order valence-corrected chi connectivity index (χ2v) is 8.00. The minimum absolute atomic E-state index is 0.175. The number of anilines is 1. The molecule has 1 aliphatic rings. The van der Waals surface area contributed by atoms with Crippen LogP contribution < -0.4 is 5.73 Å². The number of hydrogen-bond donors (Lipinski definition) is 1. The van der Waals surface area contributed by atoms with Crippen molar-refractivity contribution in [2.24, 2.45) is 0 Å².